The van der Waals surface area contributed by atoms with E-state index in [0.717, 1.165) is 0 Å². The number of carboxylic acids is 1. The summed E-state index contributed by atoms with van der Waals surface area (Å²) in [7, 11) is 0. The van der Waals surface area contributed by atoms with Gasteiger partial charge in [-0.1, -0.05) is 23.7 Å². The summed E-state index contributed by atoms with van der Waals surface area (Å²) in [6.45, 7) is 0. The van der Waals surface area contributed by atoms with Crippen LogP contribution in [0.4, 0.5) is 5.69 Å². The highest BCUT2D eigenvalue weighted by Gasteiger charge is 2.15. The maximum atomic E-state index is 12.1. The molecular weight excluding hydrogens is 324 g/mol. The van der Waals surface area contributed by atoms with Gasteiger partial charge in [0.2, 0.25) is 0 Å². The number of anilines is 1. The molecule has 1 amide bonds. The highest BCUT2D eigenvalue weighted by atomic mass is 35.5. The number of hydrogen-bond donors (Lipinski definition) is 2. The van der Waals surface area contributed by atoms with E-state index in [1.54, 1.807) is 30.3 Å². The molecule has 0 aliphatic rings. The van der Waals surface area contributed by atoms with Crippen LogP contribution in [0.3, 0.4) is 0 Å². The summed E-state index contributed by atoms with van der Waals surface area (Å²) in [5.74, 6) is -1.84. The maximum Gasteiger partial charge on any atom is 0.337 e. The molecule has 0 fully saturated rings. The molecule has 0 spiro atoms. The number of carboxylic acid groups (broad SMARTS) is 1. The number of nitrogens with one attached hydrogen (secondary N) is 1. The van der Waals surface area contributed by atoms with Crippen LogP contribution in [0, 0.1) is 11.3 Å². The normalized spacial score (nSPS) is 10.8. The molecule has 0 aliphatic heterocycles. The maximum absolute atomic E-state index is 12.1. The third-order valence-electron chi connectivity index (χ3n) is 2.65. The predicted molar refractivity (Wildman–Crippen MR) is 85.0 cm³/mol. The van der Waals surface area contributed by atoms with Crippen LogP contribution in [0.5, 0.6) is 0 Å². The van der Waals surface area contributed by atoms with Crippen molar-refractivity contribution in [2.24, 2.45) is 0 Å². The third kappa shape index (κ3) is 3.73. The number of carbonyl (C=O) groups is 2. The second-order valence-corrected chi connectivity index (χ2v) is 5.86. The molecule has 110 valence electrons. The fourth-order valence-corrected chi connectivity index (χ4v) is 2.67. The van der Waals surface area contributed by atoms with Crippen molar-refractivity contribution >= 4 is 46.6 Å². The smallest absolute Gasteiger partial charge is 0.337 e. The Hall–Kier alpha value is -2.62. The lowest BCUT2D eigenvalue weighted by Crippen LogP contribution is -2.15. The molecule has 1 aromatic carbocycles. The lowest BCUT2D eigenvalue weighted by atomic mass is 10.1. The summed E-state index contributed by atoms with van der Waals surface area (Å²) in [6, 6.07) is 11.1. The fourth-order valence-electron chi connectivity index (χ4n) is 1.66. The Kier molecular flexibility index (Phi) is 4.94. The van der Waals surface area contributed by atoms with Crippen molar-refractivity contribution in [1.82, 2.24) is 0 Å². The number of benzene rings is 1. The van der Waals surface area contributed by atoms with E-state index in [0.29, 0.717) is 9.21 Å². The van der Waals surface area contributed by atoms with Crippen molar-refractivity contribution in [3.8, 4) is 6.07 Å². The van der Waals surface area contributed by atoms with Gasteiger partial charge in [-0.25, -0.2) is 4.79 Å². The number of nitrogens with zero attached hydrogens (tertiary/aromatic N) is 1. The van der Waals surface area contributed by atoms with Gasteiger partial charge >= 0.3 is 5.97 Å². The van der Waals surface area contributed by atoms with Gasteiger partial charge in [0.25, 0.3) is 5.91 Å². The zero-order valence-electron chi connectivity index (χ0n) is 11.0. The van der Waals surface area contributed by atoms with Gasteiger partial charge < -0.3 is 10.4 Å². The number of para-hydroxylation sites is 1. The number of amides is 1. The van der Waals surface area contributed by atoms with Crippen LogP contribution in [0.2, 0.25) is 4.34 Å². The molecular formula is C15H9ClN2O3S. The Bertz CT molecular complexity index is 805. The van der Waals surface area contributed by atoms with Crippen LogP contribution in [0.1, 0.15) is 15.2 Å². The molecule has 0 bridgehead atoms. The highest BCUT2D eigenvalue weighted by Crippen LogP contribution is 2.24. The average Bonchev–Trinajstić information content (AvgIpc) is 2.90. The van der Waals surface area contributed by atoms with Crippen LogP contribution in [-0.4, -0.2) is 17.0 Å². The first-order valence-electron chi connectivity index (χ1n) is 6.02. The molecule has 1 aromatic heterocycles. The number of rotatable bonds is 4. The van der Waals surface area contributed by atoms with Crippen molar-refractivity contribution in [2.45, 2.75) is 0 Å². The molecule has 2 aromatic rings. The van der Waals surface area contributed by atoms with Crippen molar-refractivity contribution in [3.05, 3.63) is 56.7 Å². The van der Waals surface area contributed by atoms with Gasteiger partial charge in [0.15, 0.2) is 0 Å². The molecule has 1 heterocycles. The van der Waals surface area contributed by atoms with E-state index in [4.69, 9.17) is 22.0 Å². The Morgan fingerprint density at radius 1 is 1.27 bits per heavy atom. The second-order valence-electron chi connectivity index (χ2n) is 4.12. The highest BCUT2D eigenvalue weighted by molar-refractivity contribution is 7.17. The molecule has 0 radical (unpaired) electrons. The van der Waals surface area contributed by atoms with E-state index in [-0.39, 0.29) is 16.8 Å². The molecule has 0 saturated heterocycles. The Labute approximate surface area is 135 Å². The van der Waals surface area contributed by atoms with Gasteiger partial charge in [0, 0.05) is 4.88 Å². The molecule has 2 N–H and O–H groups in total. The molecule has 5 nitrogen and oxygen atoms in total. The average molecular weight is 333 g/mol. The topological polar surface area (TPSA) is 90.2 Å². The SMILES string of the molecule is N#CC(=Cc1ccc(Cl)s1)C(=O)Nc1ccccc1C(=O)O. The van der Waals surface area contributed by atoms with E-state index in [9.17, 15) is 9.59 Å². The van der Waals surface area contributed by atoms with Crippen LogP contribution in [-0.2, 0) is 4.79 Å². The van der Waals surface area contributed by atoms with Crippen LogP contribution >= 0.6 is 22.9 Å². The van der Waals surface area contributed by atoms with E-state index < -0.39 is 11.9 Å². The molecule has 0 saturated carbocycles. The largest absolute Gasteiger partial charge is 0.478 e. The third-order valence-corrected chi connectivity index (χ3v) is 3.83. The number of nitriles is 1. The number of thiophene rings is 1. The van der Waals surface area contributed by atoms with Gasteiger partial charge in [-0.3, -0.25) is 4.79 Å². The van der Waals surface area contributed by atoms with Crippen molar-refractivity contribution in [1.29, 1.82) is 5.26 Å². The summed E-state index contributed by atoms with van der Waals surface area (Å²) in [5.41, 5.74) is -0.0589. The van der Waals surface area contributed by atoms with Crippen molar-refractivity contribution in [2.75, 3.05) is 5.32 Å². The van der Waals surface area contributed by atoms with Crippen molar-refractivity contribution < 1.29 is 14.7 Å². The Balaban J connectivity index is 2.26. The molecule has 22 heavy (non-hydrogen) atoms. The first-order valence-corrected chi connectivity index (χ1v) is 7.21. The lowest BCUT2D eigenvalue weighted by Gasteiger charge is -2.07. The Morgan fingerprint density at radius 2 is 2.00 bits per heavy atom. The summed E-state index contributed by atoms with van der Waals surface area (Å²) in [6.07, 6.45) is 1.40. The summed E-state index contributed by atoms with van der Waals surface area (Å²) in [5, 5.41) is 20.6. The minimum atomic E-state index is -1.16. The first-order chi connectivity index (χ1) is 10.5. The monoisotopic (exact) mass is 332 g/mol. The van der Waals surface area contributed by atoms with Gasteiger partial charge in [-0.2, -0.15) is 5.26 Å². The summed E-state index contributed by atoms with van der Waals surface area (Å²) < 4.78 is 0.542. The second kappa shape index (κ2) is 6.89. The van der Waals surface area contributed by atoms with E-state index in [2.05, 4.69) is 5.32 Å². The summed E-state index contributed by atoms with van der Waals surface area (Å²) >= 11 is 7.02. The predicted octanol–water partition coefficient (Wildman–Crippen LogP) is 3.65. The molecule has 7 heteroatoms. The lowest BCUT2D eigenvalue weighted by molar-refractivity contribution is -0.112. The standard InChI is InChI=1S/C15H9ClN2O3S/c16-13-6-5-10(22-13)7-9(8-17)14(19)18-12-4-2-1-3-11(12)15(20)21/h1-7H,(H,18,19)(H,20,21). The van der Waals surface area contributed by atoms with E-state index in [1.165, 1.54) is 29.5 Å². The van der Waals surface area contributed by atoms with Crippen LogP contribution < -0.4 is 5.32 Å². The van der Waals surface area contributed by atoms with Crippen molar-refractivity contribution in [3.63, 3.8) is 0 Å². The number of aromatic carboxylic acids is 1. The number of halogens is 1. The number of carbonyl (C=O) groups excluding carboxylic acids is 1. The molecule has 0 unspecified atom stereocenters. The zero-order valence-corrected chi connectivity index (χ0v) is 12.6. The Morgan fingerprint density at radius 3 is 2.59 bits per heavy atom. The van der Waals surface area contributed by atoms with Gasteiger partial charge in [-0.05, 0) is 30.3 Å². The quantitative estimate of drug-likeness (QED) is 0.660. The van der Waals surface area contributed by atoms with E-state index >= 15 is 0 Å². The molecule has 2 rings (SSSR count). The number of hydrogen-bond acceptors (Lipinski definition) is 4. The van der Waals surface area contributed by atoms with Gasteiger partial charge in [0.1, 0.15) is 11.6 Å². The van der Waals surface area contributed by atoms with Gasteiger partial charge in [-0.15, -0.1) is 11.3 Å². The van der Waals surface area contributed by atoms with Gasteiger partial charge in [0.05, 0.1) is 15.6 Å². The van der Waals surface area contributed by atoms with E-state index in [1.807, 2.05) is 0 Å². The van der Waals surface area contributed by atoms with Crippen LogP contribution in [0.15, 0.2) is 42.0 Å². The fraction of sp³-hybridized carbons (Fsp3) is 0. The van der Waals surface area contributed by atoms with Crippen LogP contribution in [0.25, 0.3) is 6.08 Å². The molecule has 0 aliphatic carbocycles. The minimum absolute atomic E-state index is 0.0488. The molecule has 0 atom stereocenters. The summed E-state index contributed by atoms with van der Waals surface area (Å²) in [4.78, 5) is 23.9. The zero-order chi connectivity index (χ0) is 16.1. The first kappa shape index (κ1) is 15.8. The minimum Gasteiger partial charge on any atom is -0.478 e.